The largest absolute Gasteiger partial charge is 0.348 e. The summed E-state index contributed by atoms with van der Waals surface area (Å²) in [6.45, 7) is 2.30. The third-order valence-electron chi connectivity index (χ3n) is 4.74. The van der Waals surface area contributed by atoms with Gasteiger partial charge in [-0.05, 0) is 49.6 Å². The highest BCUT2D eigenvalue weighted by atomic mass is 35.5. The van der Waals surface area contributed by atoms with Crippen LogP contribution in [0.1, 0.15) is 40.4 Å². The van der Waals surface area contributed by atoms with Gasteiger partial charge in [0.15, 0.2) is 0 Å². The van der Waals surface area contributed by atoms with E-state index in [0.717, 1.165) is 29.5 Å². The SMILES string of the molecule is Cc1ccc2c(c1)c(=O)c(C(=O)NCc1ccc(Cl)cc1)cn2C1CC1. The first kappa shape index (κ1) is 16.9. The molecule has 132 valence electrons. The molecule has 2 aromatic carbocycles. The lowest BCUT2D eigenvalue weighted by Gasteiger charge is -2.13. The first-order valence-corrected chi connectivity index (χ1v) is 9.09. The number of pyridine rings is 1. The minimum Gasteiger partial charge on any atom is -0.348 e. The second-order valence-electron chi connectivity index (χ2n) is 6.84. The van der Waals surface area contributed by atoms with Crippen molar-refractivity contribution in [2.24, 2.45) is 0 Å². The molecule has 0 spiro atoms. The Kier molecular flexibility index (Phi) is 4.29. The fraction of sp³-hybridized carbons (Fsp3) is 0.238. The van der Waals surface area contributed by atoms with Crippen LogP contribution in [0, 0.1) is 6.92 Å². The number of fused-ring (bicyclic) bond motifs is 1. The number of carbonyl (C=O) groups is 1. The van der Waals surface area contributed by atoms with E-state index in [0.29, 0.717) is 23.0 Å². The van der Waals surface area contributed by atoms with Crippen LogP contribution in [0.25, 0.3) is 10.9 Å². The Morgan fingerprint density at radius 3 is 2.62 bits per heavy atom. The fourth-order valence-electron chi connectivity index (χ4n) is 3.17. The molecule has 0 atom stereocenters. The van der Waals surface area contributed by atoms with Crippen molar-refractivity contribution in [3.05, 3.63) is 80.6 Å². The summed E-state index contributed by atoms with van der Waals surface area (Å²) in [5, 5.41) is 4.10. The number of benzene rings is 2. The van der Waals surface area contributed by atoms with Gasteiger partial charge < -0.3 is 9.88 Å². The topological polar surface area (TPSA) is 51.1 Å². The maximum absolute atomic E-state index is 12.9. The fourth-order valence-corrected chi connectivity index (χ4v) is 3.29. The highest BCUT2D eigenvalue weighted by molar-refractivity contribution is 6.30. The lowest BCUT2D eigenvalue weighted by Crippen LogP contribution is -2.29. The van der Waals surface area contributed by atoms with Crippen LogP contribution in [0.15, 0.2) is 53.5 Å². The molecule has 4 nitrogen and oxygen atoms in total. The van der Waals surface area contributed by atoms with Crippen molar-refractivity contribution in [1.29, 1.82) is 0 Å². The predicted octanol–water partition coefficient (Wildman–Crippen LogP) is 4.23. The van der Waals surface area contributed by atoms with Gasteiger partial charge in [0.1, 0.15) is 5.56 Å². The summed E-state index contributed by atoms with van der Waals surface area (Å²) in [4.78, 5) is 25.6. The minimum atomic E-state index is -0.345. The van der Waals surface area contributed by atoms with Crippen molar-refractivity contribution in [2.75, 3.05) is 0 Å². The molecule has 0 saturated heterocycles. The molecule has 0 unspecified atom stereocenters. The normalized spacial score (nSPS) is 13.8. The molecule has 1 fully saturated rings. The number of halogens is 1. The molecule has 1 aliphatic rings. The summed E-state index contributed by atoms with van der Waals surface area (Å²) < 4.78 is 2.08. The van der Waals surface area contributed by atoms with E-state index in [4.69, 9.17) is 11.6 Å². The van der Waals surface area contributed by atoms with Crippen molar-refractivity contribution in [1.82, 2.24) is 9.88 Å². The molecular weight excluding hydrogens is 348 g/mol. The average molecular weight is 367 g/mol. The van der Waals surface area contributed by atoms with Gasteiger partial charge in [0.25, 0.3) is 5.91 Å². The number of rotatable bonds is 4. The van der Waals surface area contributed by atoms with Crippen LogP contribution >= 0.6 is 11.6 Å². The number of nitrogens with zero attached hydrogens (tertiary/aromatic N) is 1. The number of hydrogen-bond donors (Lipinski definition) is 1. The average Bonchev–Trinajstić information content (AvgIpc) is 3.47. The first-order valence-electron chi connectivity index (χ1n) is 8.71. The standard InChI is InChI=1S/C21H19ClN2O2/c1-13-2-9-19-17(10-13)20(25)18(12-24(19)16-7-8-16)21(26)23-11-14-3-5-15(22)6-4-14/h2-6,9-10,12,16H,7-8,11H2,1H3,(H,23,26). The number of hydrogen-bond acceptors (Lipinski definition) is 2. The van der Waals surface area contributed by atoms with Gasteiger partial charge in [0.05, 0.1) is 5.52 Å². The second kappa shape index (κ2) is 6.61. The molecule has 3 aromatic rings. The number of aryl methyl sites for hydroxylation is 1. The van der Waals surface area contributed by atoms with E-state index in [9.17, 15) is 9.59 Å². The summed E-state index contributed by atoms with van der Waals surface area (Å²) in [5.74, 6) is -0.345. The number of aromatic nitrogens is 1. The predicted molar refractivity (Wildman–Crippen MR) is 104 cm³/mol. The highest BCUT2D eigenvalue weighted by Crippen LogP contribution is 2.37. The molecule has 0 radical (unpaired) electrons. The molecule has 1 heterocycles. The zero-order valence-corrected chi connectivity index (χ0v) is 15.2. The molecule has 1 N–H and O–H groups in total. The summed E-state index contributed by atoms with van der Waals surface area (Å²) in [7, 11) is 0. The van der Waals surface area contributed by atoms with Gasteiger partial charge in [0.2, 0.25) is 5.43 Å². The molecule has 5 heteroatoms. The van der Waals surface area contributed by atoms with Gasteiger partial charge in [-0.3, -0.25) is 9.59 Å². The maximum atomic E-state index is 12.9. The van der Waals surface area contributed by atoms with Gasteiger partial charge in [-0.2, -0.15) is 0 Å². The van der Waals surface area contributed by atoms with Crippen LogP contribution in [0.3, 0.4) is 0 Å². The van der Waals surface area contributed by atoms with Crippen LogP contribution < -0.4 is 10.7 Å². The van der Waals surface area contributed by atoms with Crippen LogP contribution in [0.2, 0.25) is 5.02 Å². The summed E-state index contributed by atoms with van der Waals surface area (Å²) >= 11 is 5.88. The molecule has 26 heavy (non-hydrogen) atoms. The van der Waals surface area contributed by atoms with Crippen molar-refractivity contribution in [2.45, 2.75) is 32.4 Å². The van der Waals surface area contributed by atoms with E-state index in [1.165, 1.54) is 0 Å². The van der Waals surface area contributed by atoms with Gasteiger partial charge in [-0.1, -0.05) is 35.4 Å². The van der Waals surface area contributed by atoms with E-state index in [1.807, 2.05) is 37.3 Å². The quantitative estimate of drug-likeness (QED) is 0.751. The van der Waals surface area contributed by atoms with E-state index in [2.05, 4.69) is 9.88 Å². The van der Waals surface area contributed by atoms with Crippen LogP contribution in [0.4, 0.5) is 0 Å². The summed E-state index contributed by atoms with van der Waals surface area (Å²) in [6.07, 6.45) is 3.88. The summed E-state index contributed by atoms with van der Waals surface area (Å²) in [6, 6.07) is 13.5. The third kappa shape index (κ3) is 3.25. The van der Waals surface area contributed by atoms with Gasteiger partial charge in [-0.25, -0.2) is 0 Å². The second-order valence-corrected chi connectivity index (χ2v) is 7.28. The number of nitrogens with one attached hydrogen (secondary N) is 1. The van der Waals surface area contributed by atoms with Crippen LogP contribution in [-0.4, -0.2) is 10.5 Å². The lowest BCUT2D eigenvalue weighted by atomic mass is 10.1. The molecule has 0 bridgehead atoms. The molecule has 1 amide bonds. The van der Waals surface area contributed by atoms with E-state index in [-0.39, 0.29) is 16.9 Å². The van der Waals surface area contributed by atoms with Crippen molar-refractivity contribution in [3.63, 3.8) is 0 Å². The van der Waals surface area contributed by atoms with E-state index < -0.39 is 0 Å². The highest BCUT2D eigenvalue weighted by Gasteiger charge is 2.26. The molecule has 1 saturated carbocycles. The lowest BCUT2D eigenvalue weighted by molar-refractivity contribution is 0.0949. The molecular formula is C21H19ClN2O2. The Balaban J connectivity index is 1.68. The smallest absolute Gasteiger partial charge is 0.257 e. The minimum absolute atomic E-state index is 0.198. The van der Waals surface area contributed by atoms with Gasteiger partial charge in [-0.15, -0.1) is 0 Å². The van der Waals surface area contributed by atoms with E-state index in [1.54, 1.807) is 18.3 Å². The molecule has 1 aliphatic carbocycles. The molecule has 1 aromatic heterocycles. The van der Waals surface area contributed by atoms with Gasteiger partial charge in [0, 0.05) is 29.2 Å². The third-order valence-corrected chi connectivity index (χ3v) is 4.99. The Morgan fingerprint density at radius 1 is 1.19 bits per heavy atom. The Hall–Kier alpha value is -2.59. The van der Waals surface area contributed by atoms with Crippen molar-refractivity contribution < 1.29 is 4.79 Å². The monoisotopic (exact) mass is 366 g/mol. The van der Waals surface area contributed by atoms with E-state index >= 15 is 0 Å². The Labute approximate surface area is 156 Å². The summed E-state index contributed by atoms with van der Waals surface area (Å²) in [5.41, 5.74) is 2.83. The molecule has 4 rings (SSSR count). The number of amides is 1. The van der Waals surface area contributed by atoms with Crippen LogP contribution in [-0.2, 0) is 6.54 Å². The van der Waals surface area contributed by atoms with Gasteiger partial charge >= 0.3 is 0 Å². The Bertz CT molecular complexity index is 1050. The Morgan fingerprint density at radius 2 is 1.92 bits per heavy atom. The maximum Gasteiger partial charge on any atom is 0.257 e. The van der Waals surface area contributed by atoms with Crippen molar-refractivity contribution in [3.8, 4) is 0 Å². The molecule has 0 aliphatic heterocycles. The van der Waals surface area contributed by atoms with Crippen LogP contribution in [0.5, 0.6) is 0 Å². The zero-order valence-electron chi connectivity index (χ0n) is 14.5. The zero-order chi connectivity index (χ0) is 18.3. The van der Waals surface area contributed by atoms with Crippen molar-refractivity contribution >= 4 is 28.4 Å². The number of carbonyl (C=O) groups excluding carboxylic acids is 1. The first-order chi connectivity index (χ1) is 12.5.